The van der Waals surface area contributed by atoms with E-state index in [-0.39, 0.29) is 5.41 Å². The van der Waals surface area contributed by atoms with Crippen molar-refractivity contribution in [1.82, 2.24) is 0 Å². The largest absolute Gasteiger partial charge is 0.491 e. The molecule has 1 aromatic carbocycles. The molecule has 0 aliphatic rings. The number of benzene rings is 1. The number of rotatable bonds is 7. The summed E-state index contributed by atoms with van der Waals surface area (Å²) < 4.78 is 10.8. The molecule has 0 aliphatic heterocycles. The summed E-state index contributed by atoms with van der Waals surface area (Å²) >= 11 is 0. The van der Waals surface area contributed by atoms with Gasteiger partial charge in [0, 0.05) is 6.61 Å². The van der Waals surface area contributed by atoms with Crippen LogP contribution in [0.4, 0.5) is 0 Å². The van der Waals surface area contributed by atoms with E-state index in [0.717, 1.165) is 5.75 Å². The minimum absolute atomic E-state index is 0.262. The third-order valence-corrected chi connectivity index (χ3v) is 3.48. The van der Waals surface area contributed by atoms with Crippen molar-refractivity contribution in [3.05, 3.63) is 36.8 Å². The number of hydrogen-bond acceptors (Lipinski definition) is 2. The summed E-state index contributed by atoms with van der Waals surface area (Å²) in [7, 11) is 0. The first-order valence-corrected chi connectivity index (χ1v) is 7.46. The van der Waals surface area contributed by atoms with Crippen LogP contribution in [-0.4, -0.2) is 19.8 Å². The molecule has 113 valence electrons. The van der Waals surface area contributed by atoms with Crippen LogP contribution in [0.25, 0.3) is 0 Å². The van der Waals surface area contributed by atoms with Crippen molar-refractivity contribution in [1.29, 1.82) is 0 Å². The molecule has 0 aromatic heterocycles. The van der Waals surface area contributed by atoms with E-state index in [0.29, 0.717) is 31.7 Å². The Labute approximate surface area is 124 Å². The van der Waals surface area contributed by atoms with Crippen LogP contribution in [0, 0.1) is 18.3 Å². The molecule has 2 heteroatoms. The highest BCUT2D eigenvalue weighted by Gasteiger charge is 2.28. The summed E-state index contributed by atoms with van der Waals surface area (Å²) in [6.45, 7) is 16.8. The standard InChI is InChI=1S/C18H29O2/c1-7-19-12-13-20-16-10-8-15(9-11-16)17(14(2)3)18(4,5)6/h8-11,14,17H,1,7,12-13H2,2-6H3. The average Bonchev–Trinajstić information content (AvgIpc) is 2.34. The van der Waals surface area contributed by atoms with Crippen LogP contribution in [0.15, 0.2) is 24.3 Å². The zero-order valence-electron chi connectivity index (χ0n) is 13.6. The van der Waals surface area contributed by atoms with Crippen molar-refractivity contribution in [2.75, 3.05) is 19.8 Å². The van der Waals surface area contributed by atoms with E-state index >= 15 is 0 Å². The lowest BCUT2D eigenvalue weighted by molar-refractivity contribution is 0.120. The molecule has 1 atom stereocenters. The Morgan fingerprint density at radius 2 is 1.65 bits per heavy atom. The molecule has 0 bridgehead atoms. The SMILES string of the molecule is [CH2]COCCOc1ccc(C(C(C)C)C(C)(C)C)cc1. The van der Waals surface area contributed by atoms with E-state index in [4.69, 9.17) is 9.47 Å². The summed E-state index contributed by atoms with van der Waals surface area (Å²) in [4.78, 5) is 0. The molecule has 0 fully saturated rings. The first-order valence-electron chi connectivity index (χ1n) is 7.46. The third kappa shape index (κ3) is 5.16. The monoisotopic (exact) mass is 277 g/mol. The van der Waals surface area contributed by atoms with Gasteiger partial charge >= 0.3 is 0 Å². The van der Waals surface area contributed by atoms with Gasteiger partial charge in [-0.05, 0) is 41.9 Å². The van der Waals surface area contributed by atoms with Gasteiger partial charge in [-0.3, -0.25) is 0 Å². The molecule has 1 unspecified atom stereocenters. The van der Waals surface area contributed by atoms with E-state index < -0.39 is 0 Å². The molecule has 0 amide bonds. The predicted molar refractivity (Wildman–Crippen MR) is 85.1 cm³/mol. The smallest absolute Gasteiger partial charge is 0.119 e. The molecule has 1 aromatic rings. The first kappa shape index (κ1) is 17.0. The van der Waals surface area contributed by atoms with Crippen LogP contribution >= 0.6 is 0 Å². The Morgan fingerprint density at radius 3 is 2.10 bits per heavy atom. The summed E-state index contributed by atoms with van der Waals surface area (Å²) in [6.07, 6.45) is 0. The maximum Gasteiger partial charge on any atom is 0.119 e. The fourth-order valence-corrected chi connectivity index (χ4v) is 2.98. The van der Waals surface area contributed by atoms with E-state index in [9.17, 15) is 0 Å². The number of hydrogen-bond donors (Lipinski definition) is 0. The lowest BCUT2D eigenvalue weighted by atomic mass is 9.70. The lowest BCUT2D eigenvalue weighted by Crippen LogP contribution is -2.23. The average molecular weight is 277 g/mol. The minimum atomic E-state index is 0.262. The Kier molecular flexibility index (Phi) is 6.54. The third-order valence-electron chi connectivity index (χ3n) is 3.48. The van der Waals surface area contributed by atoms with Crippen LogP contribution < -0.4 is 4.74 Å². The summed E-state index contributed by atoms with van der Waals surface area (Å²) in [6, 6.07) is 8.49. The zero-order chi connectivity index (χ0) is 15.2. The molecule has 0 saturated carbocycles. The first-order chi connectivity index (χ1) is 9.36. The van der Waals surface area contributed by atoms with Crippen LogP contribution in [0.3, 0.4) is 0 Å². The topological polar surface area (TPSA) is 18.5 Å². The van der Waals surface area contributed by atoms with Gasteiger partial charge in [0.1, 0.15) is 12.4 Å². The van der Waals surface area contributed by atoms with Crippen molar-refractivity contribution in [3.63, 3.8) is 0 Å². The molecule has 0 saturated heterocycles. The second kappa shape index (κ2) is 7.68. The molecule has 0 aliphatic carbocycles. The lowest BCUT2D eigenvalue weighted by Gasteiger charge is -2.34. The fraction of sp³-hybridized carbons (Fsp3) is 0.611. The Hall–Kier alpha value is -1.02. The maximum absolute atomic E-state index is 5.64. The number of ether oxygens (including phenoxy) is 2. The second-order valence-electron chi connectivity index (χ2n) is 6.62. The van der Waals surface area contributed by atoms with Crippen molar-refractivity contribution in [2.24, 2.45) is 11.3 Å². The van der Waals surface area contributed by atoms with Gasteiger partial charge in [0.05, 0.1) is 6.61 Å². The highest BCUT2D eigenvalue weighted by molar-refractivity contribution is 5.30. The van der Waals surface area contributed by atoms with Crippen LogP contribution in [0.2, 0.25) is 0 Å². The van der Waals surface area contributed by atoms with Gasteiger partial charge in [0.25, 0.3) is 0 Å². The molecule has 1 radical (unpaired) electrons. The van der Waals surface area contributed by atoms with Gasteiger partial charge in [0.15, 0.2) is 0 Å². The Morgan fingerprint density at radius 1 is 1.05 bits per heavy atom. The summed E-state index contributed by atoms with van der Waals surface area (Å²) in [5, 5.41) is 0. The highest BCUT2D eigenvalue weighted by Crippen LogP contribution is 2.40. The molecule has 0 heterocycles. The molecule has 2 nitrogen and oxygen atoms in total. The Bertz CT molecular complexity index is 373. The van der Waals surface area contributed by atoms with Gasteiger partial charge in [-0.2, -0.15) is 0 Å². The molecular formula is C18H29O2. The van der Waals surface area contributed by atoms with E-state index in [2.05, 4.69) is 65.8 Å². The van der Waals surface area contributed by atoms with Crippen molar-refractivity contribution >= 4 is 0 Å². The summed E-state index contributed by atoms with van der Waals surface area (Å²) in [5.74, 6) is 2.07. The van der Waals surface area contributed by atoms with Gasteiger partial charge in [0.2, 0.25) is 0 Å². The van der Waals surface area contributed by atoms with Crippen LogP contribution in [0.5, 0.6) is 5.75 Å². The summed E-state index contributed by atoms with van der Waals surface area (Å²) in [5.41, 5.74) is 1.65. The fourth-order valence-electron chi connectivity index (χ4n) is 2.98. The zero-order valence-corrected chi connectivity index (χ0v) is 13.6. The van der Waals surface area contributed by atoms with E-state index in [1.54, 1.807) is 0 Å². The quantitative estimate of drug-likeness (QED) is 0.672. The van der Waals surface area contributed by atoms with Crippen LogP contribution in [0.1, 0.15) is 46.1 Å². The van der Waals surface area contributed by atoms with Gasteiger partial charge < -0.3 is 9.47 Å². The maximum atomic E-state index is 5.64. The predicted octanol–water partition coefficient (Wildman–Crippen LogP) is 4.70. The highest BCUT2D eigenvalue weighted by atomic mass is 16.5. The van der Waals surface area contributed by atoms with Gasteiger partial charge in [-0.15, -0.1) is 0 Å². The van der Waals surface area contributed by atoms with E-state index in [1.165, 1.54) is 5.56 Å². The van der Waals surface area contributed by atoms with Gasteiger partial charge in [-0.25, -0.2) is 0 Å². The minimum Gasteiger partial charge on any atom is -0.491 e. The normalized spacial score (nSPS) is 13.6. The van der Waals surface area contributed by atoms with Crippen molar-refractivity contribution in [2.45, 2.75) is 40.5 Å². The van der Waals surface area contributed by atoms with Crippen LogP contribution in [-0.2, 0) is 4.74 Å². The van der Waals surface area contributed by atoms with Crippen molar-refractivity contribution in [3.8, 4) is 5.75 Å². The van der Waals surface area contributed by atoms with Gasteiger partial charge in [-0.1, -0.05) is 46.8 Å². The second-order valence-corrected chi connectivity index (χ2v) is 6.62. The molecule has 1 rings (SSSR count). The molecule has 20 heavy (non-hydrogen) atoms. The Balaban J connectivity index is 2.69. The van der Waals surface area contributed by atoms with Crippen molar-refractivity contribution < 1.29 is 9.47 Å². The molecule has 0 N–H and O–H groups in total. The molecular weight excluding hydrogens is 248 g/mol. The van der Waals surface area contributed by atoms with E-state index in [1.807, 2.05) is 0 Å². The molecule has 0 spiro atoms.